The first-order chi connectivity index (χ1) is 8.15. The van der Waals surface area contributed by atoms with Gasteiger partial charge in [0.2, 0.25) is 0 Å². The number of aromatic hydroxyl groups is 1. The molecule has 1 aromatic carbocycles. The molecule has 0 saturated carbocycles. The number of phenols is 1. The topological polar surface area (TPSA) is 62.0 Å². The van der Waals surface area contributed by atoms with Gasteiger partial charge in [0.25, 0.3) is 0 Å². The molecule has 0 saturated heterocycles. The molecule has 0 aliphatic rings. The summed E-state index contributed by atoms with van der Waals surface area (Å²) in [4.78, 5) is 3.28. The SMILES string of the molecule is Cc1[nH]c2ccc(CCCCN)c(O)c2c1C. The first kappa shape index (κ1) is 12.0. The molecule has 0 aliphatic carbocycles. The smallest absolute Gasteiger partial charge is 0.128 e. The lowest BCUT2D eigenvalue weighted by Gasteiger charge is -2.06. The number of nitrogens with two attached hydrogens (primary N) is 1. The highest BCUT2D eigenvalue weighted by Gasteiger charge is 2.11. The molecule has 4 N–H and O–H groups in total. The van der Waals surface area contributed by atoms with E-state index in [-0.39, 0.29) is 0 Å². The number of H-pyrrole nitrogens is 1. The molecule has 2 rings (SSSR count). The first-order valence-corrected chi connectivity index (χ1v) is 6.15. The van der Waals surface area contributed by atoms with Gasteiger partial charge in [-0.1, -0.05) is 6.07 Å². The molecule has 0 amide bonds. The van der Waals surface area contributed by atoms with E-state index in [1.807, 2.05) is 26.0 Å². The van der Waals surface area contributed by atoms with E-state index in [1.54, 1.807) is 0 Å². The standard InChI is InChI=1S/C14H20N2O/c1-9-10(2)16-12-7-6-11(5-3-4-8-15)14(17)13(9)12/h6-7,16-17H,3-5,8,15H2,1-2H3. The zero-order valence-corrected chi connectivity index (χ0v) is 10.5. The quantitative estimate of drug-likeness (QED) is 0.710. The molecule has 3 heteroatoms. The van der Waals surface area contributed by atoms with Gasteiger partial charge in [-0.2, -0.15) is 0 Å². The number of aromatic amines is 1. The Hall–Kier alpha value is -1.48. The van der Waals surface area contributed by atoms with Crippen LogP contribution in [-0.2, 0) is 6.42 Å². The maximum Gasteiger partial charge on any atom is 0.128 e. The fourth-order valence-electron chi connectivity index (χ4n) is 2.26. The number of phenolic OH excluding ortho intramolecular Hbond substituents is 1. The number of fused-ring (bicyclic) bond motifs is 1. The van der Waals surface area contributed by atoms with Crippen LogP contribution >= 0.6 is 0 Å². The van der Waals surface area contributed by atoms with E-state index in [0.717, 1.165) is 47.0 Å². The van der Waals surface area contributed by atoms with Gasteiger partial charge in [0, 0.05) is 16.6 Å². The van der Waals surface area contributed by atoms with Gasteiger partial charge >= 0.3 is 0 Å². The average molecular weight is 232 g/mol. The van der Waals surface area contributed by atoms with E-state index in [4.69, 9.17) is 5.73 Å². The van der Waals surface area contributed by atoms with Crippen molar-refractivity contribution < 1.29 is 5.11 Å². The first-order valence-electron chi connectivity index (χ1n) is 6.15. The van der Waals surface area contributed by atoms with Crippen molar-refractivity contribution in [2.24, 2.45) is 5.73 Å². The molecule has 0 atom stereocenters. The number of benzene rings is 1. The summed E-state index contributed by atoms with van der Waals surface area (Å²) in [5.41, 5.74) is 9.77. The van der Waals surface area contributed by atoms with Crippen molar-refractivity contribution in [3.05, 3.63) is 29.0 Å². The lowest BCUT2D eigenvalue weighted by Crippen LogP contribution is -1.99. The molecule has 0 bridgehead atoms. The van der Waals surface area contributed by atoms with Crippen LogP contribution in [0.2, 0.25) is 0 Å². The van der Waals surface area contributed by atoms with Crippen molar-refractivity contribution in [2.75, 3.05) is 6.54 Å². The molecule has 92 valence electrons. The van der Waals surface area contributed by atoms with E-state index in [2.05, 4.69) is 4.98 Å². The summed E-state index contributed by atoms with van der Waals surface area (Å²) in [6, 6.07) is 4.05. The van der Waals surface area contributed by atoms with E-state index < -0.39 is 0 Å². The van der Waals surface area contributed by atoms with Crippen LogP contribution in [0.15, 0.2) is 12.1 Å². The van der Waals surface area contributed by atoms with Crippen molar-refractivity contribution in [3.8, 4) is 5.75 Å². The number of hydrogen-bond acceptors (Lipinski definition) is 2. The molecule has 3 nitrogen and oxygen atoms in total. The Kier molecular flexibility index (Phi) is 3.38. The Labute approximate surface area is 102 Å². The minimum Gasteiger partial charge on any atom is -0.507 e. The summed E-state index contributed by atoms with van der Waals surface area (Å²) in [7, 11) is 0. The Balaban J connectivity index is 2.39. The van der Waals surface area contributed by atoms with Gasteiger partial charge in [0.15, 0.2) is 0 Å². The minimum atomic E-state index is 0.432. The Morgan fingerprint density at radius 3 is 2.71 bits per heavy atom. The van der Waals surface area contributed by atoms with Crippen LogP contribution in [0, 0.1) is 13.8 Å². The Morgan fingerprint density at radius 2 is 2.00 bits per heavy atom. The third-order valence-corrected chi connectivity index (χ3v) is 3.42. The molecule has 2 aromatic rings. The van der Waals surface area contributed by atoms with Crippen LogP contribution in [0.1, 0.15) is 29.7 Å². The number of aryl methyl sites for hydroxylation is 3. The summed E-state index contributed by atoms with van der Waals surface area (Å²) in [5, 5.41) is 11.3. The normalized spacial score (nSPS) is 11.2. The van der Waals surface area contributed by atoms with Crippen molar-refractivity contribution in [3.63, 3.8) is 0 Å². The molecule has 0 fully saturated rings. The van der Waals surface area contributed by atoms with Gasteiger partial charge in [0.05, 0.1) is 0 Å². The van der Waals surface area contributed by atoms with Crippen LogP contribution in [0.4, 0.5) is 0 Å². The second kappa shape index (κ2) is 4.80. The average Bonchev–Trinajstić information content (AvgIpc) is 2.59. The van der Waals surface area contributed by atoms with Gasteiger partial charge in [-0.25, -0.2) is 0 Å². The third-order valence-electron chi connectivity index (χ3n) is 3.42. The predicted molar refractivity (Wildman–Crippen MR) is 71.4 cm³/mol. The fourth-order valence-corrected chi connectivity index (χ4v) is 2.26. The molecular formula is C14H20N2O. The van der Waals surface area contributed by atoms with Crippen LogP contribution in [-0.4, -0.2) is 16.6 Å². The largest absolute Gasteiger partial charge is 0.507 e. The highest BCUT2D eigenvalue weighted by Crippen LogP contribution is 2.33. The number of hydrogen-bond donors (Lipinski definition) is 3. The summed E-state index contributed by atoms with van der Waals surface area (Å²) in [5.74, 6) is 0.432. The van der Waals surface area contributed by atoms with E-state index >= 15 is 0 Å². The monoisotopic (exact) mass is 232 g/mol. The zero-order valence-electron chi connectivity index (χ0n) is 10.5. The molecule has 0 spiro atoms. The molecule has 17 heavy (non-hydrogen) atoms. The summed E-state index contributed by atoms with van der Waals surface area (Å²) in [6.45, 7) is 4.78. The second-order valence-corrected chi connectivity index (χ2v) is 4.62. The molecule has 0 radical (unpaired) electrons. The molecule has 0 unspecified atom stereocenters. The number of nitrogens with one attached hydrogen (secondary N) is 1. The van der Waals surface area contributed by atoms with E-state index in [1.165, 1.54) is 0 Å². The Morgan fingerprint density at radius 1 is 1.24 bits per heavy atom. The number of unbranched alkanes of at least 4 members (excludes halogenated alkanes) is 1. The van der Waals surface area contributed by atoms with Gasteiger partial charge in [0.1, 0.15) is 5.75 Å². The van der Waals surface area contributed by atoms with Crippen molar-refractivity contribution in [1.82, 2.24) is 4.98 Å². The van der Waals surface area contributed by atoms with Crippen LogP contribution in [0.3, 0.4) is 0 Å². The van der Waals surface area contributed by atoms with Crippen LogP contribution in [0.25, 0.3) is 10.9 Å². The summed E-state index contributed by atoms with van der Waals surface area (Å²) >= 11 is 0. The summed E-state index contributed by atoms with van der Waals surface area (Å²) in [6.07, 6.45) is 2.92. The van der Waals surface area contributed by atoms with Gasteiger partial charge in [-0.3, -0.25) is 0 Å². The lowest BCUT2D eigenvalue weighted by molar-refractivity contribution is 0.473. The van der Waals surface area contributed by atoms with Gasteiger partial charge in [-0.15, -0.1) is 0 Å². The molecule has 0 aliphatic heterocycles. The maximum atomic E-state index is 10.3. The zero-order chi connectivity index (χ0) is 12.4. The summed E-state index contributed by atoms with van der Waals surface area (Å²) < 4.78 is 0. The Bertz CT molecular complexity index is 528. The van der Waals surface area contributed by atoms with Gasteiger partial charge < -0.3 is 15.8 Å². The maximum absolute atomic E-state index is 10.3. The second-order valence-electron chi connectivity index (χ2n) is 4.62. The minimum absolute atomic E-state index is 0.432. The highest BCUT2D eigenvalue weighted by atomic mass is 16.3. The molecule has 1 heterocycles. The predicted octanol–water partition coefficient (Wildman–Crippen LogP) is 2.77. The number of aromatic nitrogens is 1. The third kappa shape index (κ3) is 2.15. The van der Waals surface area contributed by atoms with Crippen molar-refractivity contribution in [1.29, 1.82) is 0 Å². The van der Waals surface area contributed by atoms with Crippen LogP contribution in [0.5, 0.6) is 5.75 Å². The number of rotatable bonds is 4. The van der Waals surface area contributed by atoms with Crippen molar-refractivity contribution in [2.45, 2.75) is 33.1 Å². The van der Waals surface area contributed by atoms with E-state index in [9.17, 15) is 5.11 Å². The van der Waals surface area contributed by atoms with Crippen molar-refractivity contribution >= 4 is 10.9 Å². The van der Waals surface area contributed by atoms with Gasteiger partial charge in [-0.05, 0) is 56.8 Å². The highest BCUT2D eigenvalue weighted by molar-refractivity contribution is 5.91. The molecular weight excluding hydrogens is 212 g/mol. The fraction of sp³-hybridized carbons (Fsp3) is 0.429. The van der Waals surface area contributed by atoms with Crippen LogP contribution < -0.4 is 5.73 Å². The molecule has 1 aromatic heterocycles. The lowest BCUT2D eigenvalue weighted by atomic mass is 10.0. The van der Waals surface area contributed by atoms with E-state index in [0.29, 0.717) is 12.3 Å².